The van der Waals surface area contributed by atoms with Gasteiger partial charge in [0.15, 0.2) is 0 Å². The molecule has 0 saturated carbocycles. The molecule has 5 nitrogen and oxygen atoms in total. The Morgan fingerprint density at radius 1 is 0.808 bits per heavy atom. The van der Waals surface area contributed by atoms with E-state index in [-0.39, 0.29) is 10.8 Å². The van der Waals surface area contributed by atoms with Crippen molar-refractivity contribution in [2.45, 2.75) is 4.90 Å². The van der Waals surface area contributed by atoms with Crippen LogP contribution in [0.1, 0.15) is 10.4 Å². The monoisotopic (exact) mass is 430 g/mol. The van der Waals surface area contributed by atoms with Crippen molar-refractivity contribution in [2.24, 2.45) is 0 Å². The first-order valence-electron chi connectivity index (χ1n) is 7.69. The van der Waals surface area contributed by atoms with Crippen LogP contribution in [0, 0.1) is 0 Å². The molecule has 3 aromatic rings. The lowest BCUT2D eigenvalue weighted by molar-refractivity contribution is 0.102. The predicted octanol–water partition coefficient (Wildman–Crippen LogP) is 4.50. The molecule has 2 N–H and O–H groups in total. The van der Waals surface area contributed by atoms with Crippen LogP contribution in [-0.2, 0) is 10.0 Å². The largest absolute Gasteiger partial charge is 0.322 e. The number of anilines is 2. The maximum Gasteiger partial charge on any atom is 0.261 e. The van der Waals surface area contributed by atoms with Crippen LogP contribution in [0.3, 0.4) is 0 Å². The van der Waals surface area contributed by atoms with E-state index in [2.05, 4.69) is 26.0 Å². The lowest BCUT2D eigenvalue weighted by Gasteiger charge is -2.09. The standard InChI is InChI=1S/C19H15BrN2O3S/c20-15-5-4-6-17(13-15)21-19(23)14-9-11-16(12-10-14)22-26(24,25)18-7-2-1-3-8-18/h1-13,22H,(H,21,23). The number of rotatable bonds is 5. The van der Waals surface area contributed by atoms with E-state index < -0.39 is 10.0 Å². The highest BCUT2D eigenvalue weighted by Crippen LogP contribution is 2.19. The summed E-state index contributed by atoms with van der Waals surface area (Å²) in [4.78, 5) is 12.5. The molecule has 26 heavy (non-hydrogen) atoms. The summed E-state index contributed by atoms with van der Waals surface area (Å²) in [5.74, 6) is -0.277. The normalized spacial score (nSPS) is 11.0. The third-order valence-corrected chi connectivity index (χ3v) is 5.43. The minimum atomic E-state index is -3.66. The molecule has 0 aliphatic rings. The molecule has 0 aromatic heterocycles. The van der Waals surface area contributed by atoms with Gasteiger partial charge in [0.1, 0.15) is 0 Å². The number of benzene rings is 3. The zero-order valence-corrected chi connectivity index (χ0v) is 15.9. The molecule has 1 amide bonds. The third kappa shape index (κ3) is 4.50. The number of amides is 1. The molecule has 7 heteroatoms. The Morgan fingerprint density at radius 3 is 2.15 bits per heavy atom. The molecule has 0 fully saturated rings. The van der Waals surface area contributed by atoms with Gasteiger partial charge in [0.05, 0.1) is 4.90 Å². The van der Waals surface area contributed by atoms with Gasteiger partial charge in [-0.25, -0.2) is 8.42 Å². The van der Waals surface area contributed by atoms with Crippen LogP contribution in [0.25, 0.3) is 0 Å². The van der Waals surface area contributed by atoms with Crippen LogP contribution < -0.4 is 10.0 Å². The summed E-state index contributed by atoms with van der Waals surface area (Å²) in [5.41, 5.74) is 1.47. The van der Waals surface area contributed by atoms with E-state index >= 15 is 0 Å². The molecule has 0 aliphatic carbocycles. The maximum atomic E-state index is 12.3. The van der Waals surface area contributed by atoms with Crippen LogP contribution in [-0.4, -0.2) is 14.3 Å². The smallest absolute Gasteiger partial charge is 0.261 e. The van der Waals surface area contributed by atoms with Gasteiger partial charge in [-0.05, 0) is 54.6 Å². The molecule has 3 aromatic carbocycles. The Kier molecular flexibility index (Phi) is 5.39. The molecule has 0 radical (unpaired) electrons. The number of hydrogen-bond donors (Lipinski definition) is 2. The first kappa shape index (κ1) is 18.2. The Labute approximate surface area is 160 Å². The fraction of sp³-hybridized carbons (Fsp3) is 0. The Bertz CT molecular complexity index is 1020. The highest BCUT2D eigenvalue weighted by molar-refractivity contribution is 9.10. The van der Waals surface area contributed by atoms with Gasteiger partial charge in [-0.15, -0.1) is 0 Å². The fourth-order valence-electron chi connectivity index (χ4n) is 2.27. The lowest BCUT2D eigenvalue weighted by atomic mass is 10.2. The minimum Gasteiger partial charge on any atom is -0.322 e. The molecule has 0 aliphatic heterocycles. The SMILES string of the molecule is O=C(Nc1cccc(Br)c1)c1ccc(NS(=O)(=O)c2ccccc2)cc1. The first-order valence-corrected chi connectivity index (χ1v) is 9.96. The van der Waals surface area contributed by atoms with Crippen LogP contribution in [0.2, 0.25) is 0 Å². The predicted molar refractivity (Wildman–Crippen MR) is 106 cm³/mol. The fourth-order valence-corrected chi connectivity index (χ4v) is 3.75. The van der Waals surface area contributed by atoms with E-state index in [1.807, 2.05) is 12.1 Å². The summed E-state index contributed by atoms with van der Waals surface area (Å²) in [6.45, 7) is 0. The second-order valence-electron chi connectivity index (χ2n) is 5.46. The second-order valence-corrected chi connectivity index (χ2v) is 8.06. The molecule has 3 rings (SSSR count). The Morgan fingerprint density at radius 2 is 1.50 bits per heavy atom. The van der Waals surface area contributed by atoms with Gasteiger partial charge >= 0.3 is 0 Å². The topological polar surface area (TPSA) is 75.3 Å². The van der Waals surface area contributed by atoms with E-state index in [0.29, 0.717) is 16.9 Å². The lowest BCUT2D eigenvalue weighted by Crippen LogP contribution is -2.14. The van der Waals surface area contributed by atoms with Crippen LogP contribution in [0.4, 0.5) is 11.4 Å². The first-order chi connectivity index (χ1) is 12.4. The van der Waals surface area contributed by atoms with Crippen molar-refractivity contribution in [3.05, 3.63) is 88.9 Å². The zero-order valence-electron chi connectivity index (χ0n) is 13.5. The van der Waals surface area contributed by atoms with Crippen LogP contribution in [0.5, 0.6) is 0 Å². The van der Waals surface area contributed by atoms with Crippen molar-refractivity contribution in [3.8, 4) is 0 Å². The number of carbonyl (C=O) groups is 1. The molecule has 0 spiro atoms. The number of halogens is 1. The van der Waals surface area contributed by atoms with Crippen molar-refractivity contribution in [2.75, 3.05) is 10.0 Å². The van der Waals surface area contributed by atoms with E-state index in [0.717, 1.165) is 4.47 Å². The molecular formula is C19H15BrN2O3S. The van der Waals surface area contributed by atoms with E-state index in [9.17, 15) is 13.2 Å². The molecule has 0 saturated heterocycles. The van der Waals surface area contributed by atoms with Gasteiger partial charge < -0.3 is 5.32 Å². The summed E-state index contributed by atoms with van der Waals surface area (Å²) in [6, 6.07) is 21.6. The van der Waals surface area contributed by atoms with Crippen molar-refractivity contribution in [3.63, 3.8) is 0 Å². The second kappa shape index (κ2) is 7.72. The van der Waals surface area contributed by atoms with E-state index in [4.69, 9.17) is 0 Å². The van der Waals surface area contributed by atoms with Gasteiger partial charge in [-0.2, -0.15) is 0 Å². The zero-order chi connectivity index (χ0) is 18.6. The third-order valence-electron chi connectivity index (χ3n) is 3.54. The molecule has 132 valence electrons. The van der Waals surface area contributed by atoms with Gasteiger partial charge in [-0.3, -0.25) is 9.52 Å². The number of hydrogen-bond acceptors (Lipinski definition) is 3. The van der Waals surface area contributed by atoms with Crippen molar-refractivity contribution in [1.29, 1.82) is 0 Å². The van der Waals surface area contributed by atoms with Crippen LogP contribution in [0.15, 0.2) is 88.2 Å². The molecule has 0 atom stereocenters. The molecule has 0 bridgehead atoms. The Hall–Kier alpha value is -2.64. The molecule has 0 unspecified atom stereocenters. The summed E-state index contributed by atoms with van der Waals surface area (Å²) in [6.07, 6.45) is 0. The van der Waals surface area contributed by atoms with Gasteiger partial charge in [0.2, 0.25) is 0 Å². The molecule has 0 heterocycles. The maximum absolute atomic E-state index is 12.3. The van der Waals surface area contributed by atoms with Crippen LogP contribution >= 0.6 is 15.9 Å². The van der Waals surface area contributed by atoms with Crippen molar-refractivity contribution in [1.82, 2.24) is 0 Å². The minimum absolute atomic E-state index is 0.177. The van der Waals surface area contributed by atoms with Gasteiger partial charge in [0.25, 0.3) is 15.9 Å². The average Bonchev–Trinajstić information content (AvgIpc) is 2.63. The number of nitrogens with one attached hydrogen (secondary N) is 2. The summed E-state index contributed by atoms with van der Waals surface area (Å²) < 4.78 is 28.0. The Balaban J connectivity index is 1.71. The summed E-state index contributed by atoms with van der Waals surface area (Å²) in [5, 5.41) is 2.79. The number of sulfonamides is 1. The number of carbonyl (C=O) groups excluding carboxylic acids is 1. The van der Waals surface area contributed by atoms with Crippen molar-refractivity contribution >= 4 is 43.2 Å². The summed E-state index contributed by atoms with van der Waals surface area (Å²) in [7, 11) is -3.66. The average molecular weight is 431 g/mol. The molecular weight excluding hydrogens is 416 g/mol. The van der Waals surface area contributed by atoms with Gasteiger partial charge in [-0.1, -0.05) is 40.2 Å². The highest BCUT2D eigenvalue weighted by Gasteiger charge is 2.14. The van der Waals surface area contributed by atoms with E-state index in [1.54, 1.807) is 54.6 Å². The van der Waals surface area contributed by atoms with Crippen molar-refractivity contribution < 1.29 is 13.2 Å². The van der Waals surface area contributed by atoms with Gasteiger partial charge in [0, 0.05) is 21.4 Å². The highest BCUT2D eigenvalue weighted by atomic mass is 79.9. The summed E-state index contributed by atoms with van der Waals surface area (Å²) >= 11 is 3.35. The quantitative estimate of drug-likeness (QED) is 0.625. The van der Waals surface area contributed by atoms with E-state index in [1.165, 1.54) is 12.1 Å².